The summed E-state index contributed by atoms with van der Waals surface area (Å²) in [6, 6.07) is 22.3. The summed E-state index contributed by atoms with van der Waals surface area (Å²) in [6.45, 7) is 5.27. The number of piperidine rings is 1. The first-order valence-corrected chi connectivity index (χ1v) is 14.7. The highest BCUT2D eigenvalue weighted by atomic mass is 16.5. The monoisotopic (exact) mass is 579 g/mol. The number of para-hydroxylation sites is 1. The third-order valence-corrected chi connectivity index (χ3v) is 7.29. The fourth-order valence-electron chi connectivity index (χ4n) is 5.06. The smallest absolute Gasteiger partial charge is 0.124 e. The summed E-state index contributed by atoms with van der Waals surface area (Å²) in [5.74, 6) is 3.56. The second-order valence-electron chi connectivity index (χ2n) is 10.3. The zero-order valence-electron chi connectivity index (χ0n) is 25.1. The van der Waals surface area contributed by atoms with Crippen LogP contribution in [-0.4, -0.2) is 67.0 Å². The van der Waals surface area contributed by atoms with Gasteiger partial charge >= 0.3 is 0 Å². The van der Waals surface area contributed by atoms with Crippen LogP contribution in [0, 0.1) is 0 Å². The van der Waals surface area contributed by atoms with Crippen LogP contribution in [0.25, 0.3) is 0 Å². The largest absolute Gasteiger partial charge is 0.497 e. The normalized spacial score (nSPS) is 16.6. The zero-order valence-corrected chi connectivity index (χ0v) is 25.1. The Bertz CT molecular complexity index is 1190. The van der Waals surface area contributed by atoms with E-state index in [4.69, 9.17) is 33.2 Å². The van der Waals surface area contributed by atoms with Crippen molar-refractivity contribution in [2.45, 2.75) is 44.5 Å². The fourth-order valence-corrected chi connectivity index (χ4v) is 5.06. The van der Waals surface area contributed by atoms with Gasteiger partial charge in [0.25, 0.3) is 0 Å². The van der Waals surface area contributed by atoms with Gasteiger partial charge in [-0.05, 0) is 54.4 Å². The molecule has 0 aliphatic carbocycles. The topological polar surface area (TPSA) is 76.6 Å². The third kappa shape index (κ3) is 9.91. The molecule has 3 aromatic carbocycles. The molecule has 2 atom stereocenters. The maximum Gasteiger partial charge on any atom is 0.124 e. The predicted octanol–water partition coefficient (Wildman–Crippen LogP) is 5.77. The highest BCUT2D eigenvalue weighted by molar-refractivity contribution is 5.38. The molecule has 0 amide bonds. The van der Waals surface area contributed by atoms with Crippen LogP contribution in [0.4, 0.5) is 0 Å². The Hall–Kier alpha value is -3.30. The van der Waals surface area contributed by atoms with Gasteiger partial charge in [-0.15, -0.1) is 0 Å². The van der Waals surface area contributed by atoms with Crippen molar-refractivity contribution in [2.75, 3.05) is 60.8 Å². The van der Waals surface area contributed by atoms with Gasteiger partial charge in [0.1, 0.15) is 23.0 Å². The first kappa shape index (κ1) is 31.6. The SMILES string of the molecule is COCCCOc1cc(COC2CNCC[C@@H]2c2ccc(OCCCOCc3ccccc3OC)cc2)cc(OC)c1. The Balaban J connectivity index is 1.23. The lowest BCUT2D eigenvalue weighted by Crippen LogP contribution is -2.40. The Morgan fingerprint density at radius 1 is 0.738 bits per heavy atom. The fraction of sp³-hybridized carbons (Fsp3) is 0.471. The van der Waals surface area contributed by atoms with E-state index >= 15 is 0 Å². The van der Waals surface area contributed by atoms with Gasteiger partial charge in [-0.25, -0.2) is 0 Å². The van der Waals surface area contributed by atoms with Gasteiger partial charge in [-0.3, -0.25) is 0 Å². The van der Waals surface area contributed by atoms with Crippen molar-refractivity contribution >= 4 is 0 Å². The Morgan fingerprint density at radius 3 is 2.29 bits per heavy atom. The van der Waals surface area contributed by atoms with Crippen LogP contribution in [0.5, 0.6) is 23.0 Å². The molecule has 0 bridgehead atoms. The molecule has 1 saturated heterocycles. The van der Waals surface area contributed by atoms with Crippen LogP contribution in [-0.2, 0) is 27.4 Å². The van der Waals surface area contributed by atoms with Gasteiger partial charge in [0, 0.05) is 50.7 Å². The number of benzene rings is 3. The van der Waals surface area contributed by atoms with Gasteiger partial charge in [0.2, 0.25) is 0 Å². The van der Waals surface area contributed by atoms with Gasteiger partial charge in [0.15, 0.2) is 0 Å². The first-order chi connectivity index (χ1) is 20.7. The molecular formula is C34H45NO7. The van der Waals surface area contributed by atoms with Crippen molar-refractivity contribution < 1.29 is 33.2 Å². The van der Waals surface area contributed by atoms with E-state index in [2.05, 4.69) is 29.6 Å². The van der Waals surface area contributed by atoms with E-state index in [0.717, 1.165) is 66.5 Å². The van der Waals surface area contributed by atoms with Crippen LogP contribution in [0.2, 0.25) is 0 Å². The van der Waals surface area contributed by atoms with Crippen molar-refractivity contribution in [1.29, 1.82) is 0 Å². The predicted molar refractivity (Wildman–Crippen MR) is 163 cm³/mol. The maximum absolute atomic E-state index is 6.47. The van der Waals surface area contributed by atoms with Crippen molar-refractivity contribution in [3.63, 3.8) is 0 Å². The number of ether oxygens (including phenoxy) is 7. The molecule has 8 nitrogen and oxygen atoms in total. The third-order valence-electron chi connectivity index (χ3n) is 7.29. The van der Waals surface area contributed by atoms with Gasteiger partial charge < -0.3 is 38.5 Å². The lowest BCUT2D eigenvalue weighted by Gasteiger charge is -2.32. The minimum absolute atomic E-state index is 0.0585. The van der Waals surface area contributed by atoms with E-state index in [1.54, 1.807) is 21.3 Å². The quantitative estimate of drug-likeness (QED) is 0.191. The van der Waals surface area contributed by atoms with Gasteiger partial charge in [-0.1, -0.05) is 30.3 Å². The zero-order chi connectivity index (χ0) is 29.4. The number of nitrogens with one attached hydrogen (secondary N) is 1. The van der Waals surface area contributed by atoms with Crippen molar-refractivity contribution in [3.05, 3.63) is 83.4 Å². The molecule has 0 saturated carbocycles. The minimum atomic E-state index is 0.0585. The van der Waals surface area contributed by atoms with Crippen molar-refractivity contribution in [2.24, 2.45) is 0 Å². The Labute approximate surface area is 250 Å². The molecule has 0 aromatic heterocycles. The molecule has 228 valence electrons. The molecule has 1 heterocycles. The lowest BCUT2D eigenvalue weighted by molar-refractivity contribution is 0.0104. The van der Waals surface area contributed by atoms with Crippen LogP contribution in [0.1, 0.15) is 41.9 Å². The summed E-state index contributed by atoms with van der Waals surface area (Å²) in [4.78, 5) is 0. The molecule has 1 fully saturated rings. The summed E-state index contributed by atoms with van der Waals surface area (Å²) in [5.41, 5.74) is 3.34. The van der Waals surface area contributed by atoms with E-state index in [0.29, 0.717) is 45.6 Å². The van der Waals surface area contributed by atoms with Crippen LogP contribution < -0.4 is 24.3 Å². The van der Waals surface area contributed by atoms with Gasteiger partial charge in [0.05, 0.1) is 53.4 Å². The standard InChI is InChI=1S/C34H45NO7/c1-36-16-6-18-41-31-21-26(20-30(22-31)37-2)24-42-34-23-35-15-14-32(34)27-10-12-29(13-11-27)40-19-7-17-39-25-28-8-4-5-9-33(28)38-3/h4-5,8-13,20-22,32,34-35H,6-7,14-19,23-25H2,1-3H3/t32-,34?/m1/s1. The molecule has 1 aliphatic heterocycles. The van der Waals surface area contributed by atoms with Crippen molar-refractivity contribution in [3.8, 4) is 23.0 Å². The molecule has 3 aromatic rings. The molecule has 1 aliphatic rings. The molecule has 1 N–H and O–H groups in total. The van der Waals surface area contributed by atoms with E-state index < -0.39 is 0 Å². The molecule has 8 heteroatoms. The summed E-state index contributed by atoms with van der Waals surface area (Å²) in [7, 11) is 5.04. The van der Waals surface area contributed by atoms with E-state index in [1.165, 1.54) is 5.56 Å². The molecule has 42 heavy (non-hydrogen) atoms. The summed E-state index contributed by atoms with van der Waals surface area (Å²) < 4.78 is 40.1. The van der Waals surface area contributed by atoms with Gasteiger partial charge in [-0.2, -0.15) is 0 Å². The number of methoxy groups -OCH3 is 3. The second kappa shape index (κ2) is 17.6. The Kier molecular flexibility index (Phi) is 13.3. The Morgan fingerprint density at radius 2 is 1.50 bits per heavy atom. The maximum atomic E-state index is 6.47. The van der Waals surface area contributed by atoms with Crippen LogP contribution in [0.15, 0.2) is 66.7 Å². The molecular weight excluding hydrogens is 534 g/mol. The van der Waals surface area contributed by atoms with E-state index in [-0.39, 0.29) is 6.10 Å². The molecule has 0 radical (unpaired) electrons. The number of hydrogen-bond donors (Lipinski definition) is 1. The second-order valence-corrected chi connectivity index (χ2v) is 10.3. The average molecular weight is 580 g/mol. The van der Waals surface area contributed by atoms with E-state index in [9.17, 15) is 0 Å². The number of rotatable bonds is 18. The molecule has 0 spiro atoms. The van der Waals surface area contributed by atoms with Crippen LogP contribution in [0.3, 0.4) is 0 Å². The summed E-state index contributed by atoms with van der Waals surface area (Å²) >= 11 is 0. The lowest BCUT2D eigenvalue weighted by atomic mass is 9.87. The highest BCUT2D eigenvalue weighted by Crippen LogP contribution is 2.31. The minimum Gasteiger partial charge on any atom is -0.497 e. The molecule has 1 unspecified atom stereocenters. The van der Waals surface area contributed by atoms with E-state index in [1.807, 2.05) is 42.5 Å². The van der Waals surface area contributed by atoms with Crippen molar-refractivity contribution in [1.82, 2.24) is 5.32 Å². The first-order valence-electron chi connectivity index (χ1n) is 14.7. The summed E-state index contributed by atoms with van der Waals surface area (Å²) in [5, 5.41) is 3.49. The summed E-state index contributed by atoms with van der Waals surface area (Å²) in [6.07, 6.45) is 2.71. The van der Waals surface area contributed by atoms with Crippen LogP contribution >= 0.6 is 0 Å². The number of hydrogen-bond acceptors (Lipinski definition) is 8. The molecule has 4 rings (SSSR count). The average Bonchev–Trinajstić information content (AvgIpc) is 3.04. The highest BCUT2D eigenvalue weighted by Gasteiger charge is 2.27.